The second-order valence-electron chi connectivity index (χ2n) is 4.04. The van der Waals surface area contributed by atoms with Crippen LogP contribution in [0.5, 0.6) is 5.75 Å². The molecule has 0 saturated heterocycles. The van der Waals surface area contributed by atoms with Crippen LogP contribution in [0.2, 0.25) is 0 Å². The Morgan fingerprint density at radius 3 is 2.20 bits per heavy atom. The minimum absolute atomic E-state index is 0.140. The first-order chi connectivity index (χ1) is 9.72. The largest absolute Gasteiger partial charge is 0.485 e. The van der Waals surface area contributed by atoms with Gasteiger partial charge in [-0.3, -0.25) is 15.0 Å². The summed E-state index contributed by atoms with van der Waals surface area (Å²) >= 11 is 0. The minimum atomic E-state index is -0.506. The molecule has 2 aromatic rings. The van der Waals surface area contributed by atoms with E-state index >= 15 is 0 Å². The van der Waals surface area contributed by atoms with Crippen molar-refractivity contribution >= 4 is 11.7 Å². The van der Waals surface area contributed by atoms with Gasteiger partial charge in [0.05, 0.1) is 5.56 Å². The Morgan fingerprint density at radius 1 is 0.950 bits per heavy atom. The first kappa shape index (κ1) is 13.8. The summed E-state index contributed by atoms with van der Waals surface area (Å²) in [7, 11) is 0. The maximum absolute atomic E-state index is 12.1. The van der Waals surface area contributed by atoms with Crippen LogP contribution in [-0.4, -0.2) is 18.3 Å². The highest BCUT2D eigenvalue weighted by atomic mass is 16.5. The normalized spacial score (nSPS) is 9.85. The van der Waals surface area contributed by atoms with E-state index in [2.05, 4.69) is 0 Å². The van der Waals surface area contributed by atoms with Crippen molar-refractivity contribution in [2.24, 2.45) is 5.84 Å². The van der Waals surface area contributed by atoms with Crippen molar-refractivity contribution in [2.75, 3.05) is 6.61 Å². The van der Waals surface area contributed by atoms with Crippen LogP contribution in [0.25, 0.3) is 0 Å². The van der Waals surface area contributed by atoms with Gasteiger partial charge in [-0.25, -0.2) is 5.84 Å². The van der Waals surface area contributed by atoms with Crippen LogP contribution < -0.4 is 16.0 Å². The van der Waals surface area contributed by atoms with E-state index in [1.165, 1.54) is 6.07 Å². The number of hydrazine groups is 1. The molecule has 0 spiro atoms. The highest BCUT2D eigenvalue weighted by Crippen LogP contribution is 2.12. The summed E-state index contributed by atoms with van der Waals surface area (Å²) in [6.45, 7) is -0.140. The number of ether oxygens (including phenoxy) is 1. The lowest BCUT2D eigenvalue weighted by molar-refractivity contribution is 0.0900. The molecular formula is C15H14N2O3. The average Bonchev–Trinajstić information content (AvgIpc) is 2.52. The third kappa shape index (κ3) is 3.21. The molecule has 102 valence electrons. The fourth-order valence-electron chi connectivity index (χ4n) is 1.75. The molecule has 5 nitrogen and oxygen atoms in total. The SMILES string of the molecule is NNC(=O)c1ccccc1C(=O)COc1ccccc1. The maximum atomic E-state index is 12.1. The second kappa shape index (κ2) is 6.49. The van der Waals surface area contributed by atoms with Crippen molar-refractivity contribution in [3.05, 3.63) is 65.7 Å². The van der Waals surface area contributed by atoms with Crippen LogP contribution in [0.4, 0.5) is 0 Å². The second-order valence-corrected chi connectivity index (χ2v) is 4.04. The highest BCUT2D eigenvalue weighted by molar-refractivity contribution is 6.08. The number of nitrogen functional groups attached to an aromatic ring is 1. The van der Waals surface area contributed by atoms with Gasteiger partial charge in [0.25, 0.3) is 5.91 Å². The van der Waals surface area contributed by atoms with Crippen molar-refractivity contribution in [3.8, 4) is 5.75 Å². The molecule has 0 atom stereocenters. The van der Waals surface area contributed by atoms with Crippen LogP contribution in [-0.2, 0) is 0 Å². The van der Waals surface area contributed by atoms with Crippen LogP contribution >= 0.6 is 0 Å². The van der Waals surface area contributed by atoms with Crippen LogP contribution in [0.15, 0.2) is 54.6 Å². The number of carbonyl (C=O) groups excluding carboxylic acids is 2. The molecule has 2 rings (SSSR count). The van der Waals surface area contributed by atoms with Crippen LogP contribution in [0.3, 0.4) is 0 Å². The summed E-state index contributed by atoms with van der Waals surface area (Å²) in [5.74, 6) is 4.90. The van der Waals surface area contributed by atoms with Crippen LogP contribution in [0.1, 0.15) is 20.7 Å². The standard InChI is InChI=1S/C15H14N2O3/c16-17-15(19)13-9-5-4-8-12(13)14(18)10-20-11-6-2-1-3-7-11/h1-9H,10,16H2,(H,17,19). The number of Topliss-reactive ketones (excluding diaryl/α,β-unsaturated/α-hetero) is 1. The van der Waals surface area contributed by atoms with Gasteiger partial charge in [0.1, 0.15) is 5.75 Å². The third-order valence-electron chi connectivity index (χ3n) is 2.72. The lowest BCUT2D eigenvalue weighted by Gasteiger charge is -2.08. The summed E-state index contributed by atoms with van der Waals surface area (Å²) in [5, 5.41) is 0. The molecule has 0 aromatic heterocycles. The number of ketones is 1. The Hall–Kier alpha value is -2.66. The lowest BCUT2D eigenvalue weighted by Crippen LogP contribution is -2.31. The molecule has 3 N–H and O–H groups in total. The minimum Gasteiger partial charge on any atom is -0.485 e. The monoisotopic (exact) mass is 270 g/mol. The molecule has 2 aromatic carbocycles. The number of nitrogens with one attached hydrogen (secondary N) is 1. The van der Waals surface area contributed by atoms with Gasteiger partial charge in [-0.2, -0.15) is 0 Å². The average molecular weight is 270 g/mol. The summed E-state index contributed by atoms with van der Waals surface area (Å²) in [4.78, 5) is 23.7. The van der Waals surface area contributed by atoms with Gasteiger partial charge in [-0.1, -0.05) is 36.4 Å². The summed E-state index contributed by atoms with van der Waals surface area (Å²) in [6.07, 6.45) is 0. The zero-order chi connectivity index (χ0) is 14.4. The van der Waals surface area contributed by atoms with Crippen molar-refractivity contribution in [1.82, 2.24) is 5.43 Å². The van der Waals surface area contributed by atoms with Crippen molar-refractivity contribution in [1.29, 1.82) is 0 Å². The molecule has 5 heteroatoms. The quantitative estimate of drug-likeness (QED) is 0.374. The molecule has 0 radical (unpaired) electrons. The maximum Gasteiger partial charge on any atom is 0.265 e. The highest BCUT2D eigenvalue weighted by Gasteiger charge is 2.16. The Kier molecular flexibility index (Phi) is 4.47. The molecule has 0 aliphatic carbocycles. The first-order valence-electron chi connectivity index (χ1n) is 6.03. The van der Waals surface area contributed by atoms with Crippen molar-refractivity contribution in [2.45, 2.75) is 0 Å². The number of nitrogens with two attached hydrogens (primary N) is 1. The smallest absolute Gasteiger partial charge is 0.265 e. The lowest BCUT2D eigenvalue weighted by atomic mass is 10.0. The van der Waals surface area contributed by atoms with Crippen LogP contribution in [0, 0.1) is 0 Å². The van der Waals surface area contributed by atoms with E-state index in [0.717, 1.165) is 0 Å². The first-order valence-corrected chi connectivity index (χ1v) is 6.03. The Balaban J connectivity index is 2.12. The summed E-state index contributed by atoms with van der Waals surface area (Å²) in [5.41, 5.74) is 2.54. The molecular weight excluding hydrogens is 256 g/mol. The molecule has 0 aliphatic heterocycles. The number of benzene rings is 2. The van der Waals surface area contributed by atoms with E-state index in [0.29, 0.717) is 5.75 Å². The fourth-order valence-corrected chi connectivity index (χ4v) is 1.75. The van der Waals surface area contributed by atoms with E-state index < -0.39 is 5.91 Å². The number of hydrogen-bond acceptors (Lipinski definition) is 4. The molecule has 0 saturated carbocycles. The van der Waals surface area contributed by atoms with Gasteiger partial charge < -0.3 is 4.74 Å². The number of para-hydroxylation sites is 1. The Bertz CT molecular complexity index is 612. The zero-order valence-electron chi connectivity index (χ0n) is 10.7. The molecule has 0 heterocycles. The van der Waals surface area contributed by atoms with E-state index in [-0.39, 0.29) is 23.5 Å². The van der Waals surface area contributed by atoms with E-state index in [9.17, 15) is 9.59 Å². The predicted molar refractivity (Wildman–Crippen MR) is 74.4 cm³/mol. The number of rotatable bonds is 5. The number of amides is 1. The van der Waals surface area contributed by atoms with Gasteiger partial charge in [0.15, 0.2) is 6.61 Å². The number of carbonyl (C=O) groups is 2. The van der Waals surface area contributed by atoms with E-state index in [1.54, 1.807) is 30.3 Å². The molecule has 0 fully saturated rings. The molecule has 0 bridgehead atoms. The third-order valence-corrected chi connectivity index (χ3v) is 2.72. The summed E-state index contributed by atoms with van der Waals surface area (Å²) in [6, 6.07) is 15.5. The van der Waals surface area contributed by atoms with Gasteiger partial charge in [-0.05, 0) is 18.2 Å². The number of hydrogen-bond donors (Lipinski definition) is 2. The van der Waals surface area contributed by atoms with E-state index in [4.69, 9.17) is 10.6 Å². The van der Waals surface area contributed by atoms with Crippen molar-refractivity contribution in [3.63, 3.8) is 0 Å². The molecule has 0 unspecified atom stereocenters. The van der Waals surface area contributed by atoms with Gasteiger partial charge in [0.2, 0.25) is 5.78 Å². The Morgan fingerprint density at radius 2 is 1.55 bits per heavy atom. The molecule has 1 amide bonds. The summed E-state index contributed by atoms with van der Waals surface area (Å²) < 4.78 is 5.38. The molecule has 20 heavy (non-hydrogen) atoms. The zero-order valence-corrected chi connectivity index (χ0v) is 10.7. The fraction of sp³-hybridized carbons (Fsp3) is 0.0667. The molecule has 0 aliphatic rings. The topological polar surface area (TPSA) is 81.4 Å². The van der Waals surface area contributed by atoms with E-state index in [1.807, 2.05) is 23.6 Å². The van der Waals surface area contributed by atoms with Gasteiger partial charge >= 0.3 is 0 Å². The van der Waals surface area contributed by atoms with Gasteiger partial charge in [-0.15, -0.1) is 0 Å². The van der Waals surface area contributed by atoms with Gasteiger partial charge in [0, 0.05) is 5.56 Å². The predicted octanol–water partition coefficient (Wildman–Crippen LogP) is 1.55. The Labute approximate surface area is 116 Å². The van der Waals surface area contributed by atoms with Crippen molar-refractivity contribution < 1.29 is 14.3 Å².